The number of hydrogen-bond donors (Lipinski definition) is 3. The number of nitrogens with one attached hydrogen (secondary N) is 1. The smallest absolute Gasteiger partial charge is 0.408 e. The lowest BCUT2D eigenvalue weighted by molar-refractivity contribution is -0.138. The molecule has 1 aromatic rings. The fraction of sp³-hybridized carbons (Fsp3) is 0.438. The Hall–Kier alpha value is -2.77. The van der Waals surface area contributed by atoms with Crippen LogP contribution in [0.1, 0.15) is 25.3 Å². The summed E-state index contributed by atoms with van der Waals surface area (Å²) in [4.78, 5) is 33.6. The third kappa shape index (κ3) is 7.48. The monoisotopic (exact) mass is 337 g/mol. The topological polar surface area (TPSA) is 122 Å². The Kier molecular flexibility index (Phi) is 8.10. The van der Waals surface area contributed by atoms with Gasteiger partial charge >= 0.3 is 18.1 Å². The van der Waals surface area contributed by atoms with E-state index in [4.69, 9.17) is 15.6 Å². The number of aliphatic carboxylic acids is 1. The Morgan fingerprint density at radius 3 is 2.29 bits per heavy atom. The van der Waals surface area contributed by atoms with Gasteiger partial charge in [0.2, 0.25) is 0 Å². The fourth-order valence-electron chi connectivity index (χ4n) is 1.94. The maximum Gasteiger partial charge on any atom is 0.408 e. The second kappa shape index (κ2) is 10.1. The summed E-state index contributed by atoms with van der Waals surface area (Å²) >= 11 is 0. The molecule has 0 radical (unpaired) electrons. The number of rotatable bonds is 4. The molecule has 132 valence electrons. The number of alkyl carbamates (subject to hydrolysis) is 1. The Morgan fingerprint density at radius 1 is 1.25 bits per heavy atom. The predicted molar refractivity (Wildman–Crippen MR) is 87.3 cm³/mol. The number of amides is 3. The van der Waals surface area contributed by atoms with Gasteiger partial charge in [-0.15, -0.1) is 0 Å². The molecule has 1 aliphatic heterocycles. The molecule has 4 N–H and O–H groups in total. The van der Waals surface area contributed by atoms with E-state index in [0.717, 1.165) is 31.5 Å². The second-order valence-corrected chi connectivity index (χ2v) is 5.30. The largest absolute Gasteiger partial charge is 0.480 e. The molecule has 8 nitrogen and oxygen atoms in total. The lowest BCUT2D eigenvalue weighted by atomic mass is 10.2. The van der Waals surface area contributed by atoms with E-state index < -0.39 is 18.1 Å². The molecule has 2 rings (SSSR count). The van der Waals surface area contributed by atoms with Crippen molar-refractivity contribution in [3.05, 3.63) is 35.9 Å². The molecule has 8 heteroatoms. The molecular formula is C16H23N3O5. The molecule has 1 atom stereocenters. The number of primary amides is 1. The Bertz CT molecular complexity index is 544. The van der Waals surface area contributed by atoms with Crippen molar-refractivity contribution in [1.82, 2.24) is 10.2 Å². The van der Waals surface area contributed by atoms with E-state index in [1.165, 1.54) is 6.92 Å². The molecule has 0 bridgehead atoms. The second-order valence-electron chi connectivity index (χ2n) is 5.30. The third-order valence-corrected chi connectivity index (χ3v) is 3.34. The first-order valence-corrected chi connectivity index (χ1v) is 7.64. The number of benzene rings is 1. The highest BCUT2D eigenvalue weighted by Gasteiger charge is 2.14. The highest BCUT2D eigenvalue weighted by atomic mass is 16.5. The molecule has 24 heavy (non-hydrogen) atoms. The molecule has 1 heterocycles. The lowest BCUT2D eigenvalue weighted by Crippen LogP contribution is -2.38. The van der Waals surface area contributed by atoms with Crippen LogP contribution in [0.4, 0.5) is 9.59 Å². The molecular weight excluding hydrogens is 314 g/mol. The number of nitrogens with two attached hydrogens (primary N) is 1. The molecule has 1 saturated heterocycles. The maximum absolute atomic E-state index is 11.1. The zero-order valence-corrected chi connectivity index (χ0v) is 13.6. The average molecular weight is 337 g/mol. The minimum Gasteiger partial charge on any atom is -0.480 e. The van der Waals surface area contributed by atoms with Gasteiger partial charge < -0.3 is 25.8 Å². The maximum atomic E-state index is 11.1. The quantitative estimate of drug-likeness (QED) is 0.769. The number of hydrogen-bond acceptors (Lipinski definition) is 4. The van der Waals surface area contributed by atoms with E-state index in [9.17, 15) is 14.4 Å². The van der Waals surface area contributed by atoms with E-state index in [1.54, 1.807) is 4.90 Å². The number of likely N-dealkylation sites (tertiary alicyclic amines) is 1. The zero-order chi connectivity index (χ0) is 17.9. The molecule has 0 spiro atoms. The van der Waals surface area contributed by atoms with Gasteiger partial charge in [-0.25, -0.2) is 9.59 Å². The molecule has 1 aliphatic rings. The Labute approximate surface area is 140 Å². The SMILES string of the molecule is C[C@H](NC(=O)OCc1ccccc1)C(=O)O.NC(=O)N1CCCC1. The van der Waals surface area contributed by atoms with Crippen molar-refractivity contribution in [1.29, 1.82) is 0 Å². The van der Waals surface area contributed by atoms with Crippen molar-refractivity contribution in [3.8, 4) is 0 Å². The van der Waals surface area contributed by atoms with Crippen molar-refractivity contribution in [2.45, 2.75) is 32.4 Å². The van der Waals surface area contributed by atoms with Crippen LogP contribution in [0.2, 0.25) is 0 Å². The molecule has 3 amide bonds. The minimum atomic E-state index is -1.10. The summed E-state index contributed by atoms with van der Waals surface area (Å²) in [5.74, 6) is -1.10. The van der Waals surface area contributed by atoms with Gasteiger partial charge in [0.1, 0.15) is 12.6 Å². The Balaban J connectivity index is 0.000000300. The molecule has 1 fully saturated rings. The normalized spacial score (nSPS) is 14.1. The standard InChI is InChI=1S/C11H13NO4.C5H10N2O/c1-8(10(13)14)12-11(15)16-7-9-5-3-2-4-6-9;6-5(8)7-3-1-2-4-7/h2-6,8H,7H2,1H3,(H,12,15)(H,13,14);1-4H2,(H2,6,8)/t8-;/m0./s1. The number of carboxylic acids is 1. The predicted octanol–water partition coefficient (Wildman–Crippen LogP) is 1.55. The number of carbonyl (C=O) groups is 3. The first kappa shape index (κ1) is 19.3. The summed E-state index contributed by atoms with van der Waals surface area (Å²) in [5.41, 5.74) is 5.83. The Morgan fingerprint density at radius 2 is 1.83 bits per heavy atom. The first-order valence-electron chi connectivity index (χ1n) is 7.64. The average Bonchev–Trinajstić information content (AvgIpc) is 3.09. The minimum absolute atomic E-state index is 0.124. The van der Waals surface area contributed by atoms with Gasteiger partial charge in [-0.05, 0) is 25.3 Å². The summed E-state index contributed by atoms with van der Waals surface area (Å²) in [6, 6.07) is 7.91. The molecule has 0 saturated carbocycles. The highest BCUT2D eigenvalue weighted by molar-refractivity contribution is 5.79. The van der Waals surface area contributed by atoms with Crippen LogP contribution in [0.15, 0.2) is 30.3 Å². The van der Waals surface area contributed by atoms with Gasteiger partial charge in [-0.1, -0.05) is 30.3 Å². The van der Waals surface area contributed by atoms with Gasteiger partial charge in [0.05, 0.1) is 0 Å². The molecule has 1 aromatic carbocycles. The van der Waals surface area contributed by atoms with Crippen molar-refractivity contribution in [2.24, 2.45) is 5.73 Å². The highest BCUT2D eigenvalue weighted by Crippen LogP contribution is 2.05. The van der Waals surface area contributed by atoms with Gasteiger partial charge in [-0.3, -0.25) is 4.79 Å². The van der Waals surface area contributed by atoms with Crippen LogP contribution in [-0.2, 0) is 16.1 Å². The van der Waals surface area contributed by atoms with Gasteiger partial charge in [0.25, 0.3) is 0 Å². The van der Waals surface area contributed by atoms with E-state index in [2.05, 4.69) is 5.32 Å². The number of urea groups is 1. The van der Waals surface area contributed by atoms with E-state index >= 15 is 0 Å². The number of nitrogens with zero attached hydrogens (tertiary/aromatic N) is 1. The van der Waals surface area contributed by atoms with Crippen LogP contribution in [0.25, 0.3) is 0 Å². The summed E-state index contributed by atoms with van der Waals surface area (Å²) in [6.07, 6.45) is 1.49. The molecule has 0 unspecified atom stereocenters. The summed E-state index contributed by atoms with van der Waals surface area (Å²) in [7, 11) is 0. The zero-order valence-electron chi connectivity index (χ0n) is 13.6. The lowest BCUT2D eigenvalue weighted by Gasteiger charge is -2.09. The van der Waals surface area contributed by atoms with Gasteiger partial charge in [0.15, 0.2) is 0 Å². The number of ether oxygens (including phenoxy) is 1. The fourth-order valence-corrected chi connectivity index (χ4v) is 1.94. The van der Waals surface area contributed by atoms with Gasteiger partial charge in [0, 0.05) is 13.1 Å². The molecule has 0 aliphatic carbocycles. The van der Waals surface area contributed by atoms with E-state index in [-0.39, 0.29) is 12.6 Å². The van der Waals surface area contributed by atoms with Crippen LogP contribution in [0.3, 0.4) is 0 Å². The molecule has 0 aromatic heterocycles. The van der Waals surface area contributed by atoms with Crippen molar-refractivity contribution < 1.29 is 24.2 Å². The number of carbonyl (C=O) groups excluding carboxylic acids is 2. The van der Waals surface area contributed by atoms with Crippen molar-refractivity contribution >= 4 is 18.1 Å². The van der Waals surface area contributed by atoms with Crippen LogP contribution >= 0.6 is 0 Å². The van der Waals surface area contributed by atoms with Crippen LogP contribution in [0, 0.1) is 0 Å². The van der Waals surface area contributed by atoms with Crippen LogP contribution in [-0.4, -0.2) is 47.2 Å². The van der Waals surface area contributed by atoms with Crippen LogP contribution in [0.5, 0.6) is 0 Å². The van der Waals surface area contributed by atoms with Crippen LogP contribution < -0.4 is 11.1 Å². The first-order chi connectivity index (χ1) is 11.4. The van der Waals surface area contributed by atoms with E-state index in [1.807, 2.05) is 30.3 Å². The van der Waals surface area contributed by atoms with Gasteiger partial charge in [-0.2, -0.15) is 0 Å². The van der Waals surface area contributed by atoms with Crippen molar-refractivity contribution in [2.75, 3.05) is 13.1 Å². The van der Waals surface area contributed by atoms with Crippen molar-refractivity contribution in [3.63, 3.8) is 0 Å². The number of carboxylic acid groups (broad SMARTS) is 1. The van der Waals surface area contributed by atoms with E-state index in [0.29, 0.717) is 0 Å². The summed E-state index contributed by atoms with van der Waals surface area (Å²) in [6.45, 7) is 3.20. The summed E-state index contributed by atoms with van der Waals surface area (Å²) < 4.78 is 4.84. The summed E-state index contributed by atoms with van der Waals surface area (Å²) in [5, 5.41) is 10.7. The third-order valence-electron chi connectivity index (χ3n) is 3.34.